The normalized spacial score (nSPS) is 13.2. The molecule has 10 heteroatoms. The molecule has 0 aliphatic carbocycles. The zero-order valence-electron chi connectivity index (χ0n) is 19.4. The third kappa shape index (κ3) is 9.33. The molecule has 2 N–H and O–H groups in total. The van der Waals surface area contributed by atoms with E-state index in [1.54, 1.807) is 23.5 Å². The fraction of sp³-hybridized carbons (Fsp3) is 0.773. The predicted octanol–water partition coefficient (Wildman–Crippen LogP) is 1.78. The molecule has 0 aliphatic rings. The lowest BCUT2D eigenvalue weighted by atomic mass is 10.0. The van der Waals surface area contributed by atoms with E-state index in [2.05, 4.69) is 13.5 Å². The first-order valence-electron chi connectivity index (χ1n) is 11.4. The van der Waals surface area contributed by atoms with E-state index < -0.39 is 17.1 Å². The Bertz CT molecular complexity index is 849. The lowest BCUT2D eigenvalue weighted by Crippen LogP contribution is -2.55. The molecule has 0 saturated heterocycles. The van der Waals surface area contributed by atoms with Crippen molar-refractivity contribution in [1.29, 1.82) is 0 Å². The summed E-state index contributed by atoms with van der Waals surface area (Å²) in [5.74, 6) is 2.61. The molecule has 2 unspecified atom stereocenters. The molecule has 0 fully saturated rings. The van der Waals surface area contributed by atoms with Gasteiger partial charge in [0.25, 0.3) is 0 Å². The molecule has 1 rings (SSSR count). The largest absolute Gasteiger partial charge is 0.396 e. The van der Waals surface area contributed by atoms with Gasteiger partial charge in [-0.1, -0.05) is 26.3 Å². The van der Waals surface area contributed by atoms with Crippen LogP contribution in [0.4, 0.5) is 0 Å². The molecule has 0 amide bonds. The van der Waals surface area contributed by atoms with Crippen molar-refractivity contribution in [2.24, 2.45) is 5.92 Å². The molecule has 32 heavy (non-hydrogen) atoms. The van der Waals surface area contributed by atoms with Gasteiger partial charge in [0.15, 0.2) is 0 Å². The number of rotatable bonds is 18. The SMILES string of the molecule is C=CCn1c(=O)n(CCCSCCCO)c(=O)n(CC(CC)CC(C)SCCCO)c1=O. The van der Waals surface area contributed by atoms with Gasteiger partial charge in [-0.15, -0.1) is 6.58 Å². The topological polar surface area (TPSA) is 106 Å². The van der Waals surface area contributed by atoms with Gasteiger partial charge in [0.05, 0.1) is 6.54 Å². The van der Waals surface area contributed by atoms with E-state index in [0.29, 0.717) is 11.7 Å². The highest BCUT2D eigenvalue weighted by molar-refractivity contribution is 7.99. The summed E-state index contributed by atoms with van der Waals surface area (Å²) in [5, 5.41) is 18.2. The van der Waals surface area contributed by atoms with E-state index in [9.17, 15) is 14.4 Å². The first-order valence-corrected chi connectivity index (χ1v) is 13.6. The van der Waals surface area contributed by atoms with Gasteiger partial charge in [-0.2, -0.15) is 23.5 Å². The van der Waals surface area contributed by atoms with Gasteiger partial charge in [0, 0.05) is 31.6 Å². The number of aromatic nitrogens is 3. The van der Waals surface area contributed by atoms with Crippen LogP contribution in [-0.4, -0.2) is 59.6 Å². The zero-order chi connectivity index (χ0) is 23.9. The second kappa shape index (κ2) is 16.4. The molecule has 8 nitrogen and oxygen atoms in total. The number of hydrogen-bond donors (Lipinski definition) is 2. The van der Waals surface area contributed by atoms with Crippen molar-refractivity contribution in [2.45, 2.75) is 70.8 Å². The van der Waals surface area contributed by atoms with E-state index in [4.69, 9.17) is 10.2 Å². The molecule has 1 heterocycles. The second-order valence-electron chi connectivity index (χ2n) is 7.82. The molecule has 0 radical (unpaired) electrons. The van der Waals surface area contributed by atoms with Crippen LogP contribution in [0.2, 0.25) is 0 Å². The average Bonchev–Trinajstić information content (AvgIpc) is 2.77. The number of nitrogens with zero attached hydrogens (tertiary/aromatic N) is 3. The summed E-state index contributed by atoms with van der Waals surface area (Å²) in [6.45, 7) is 8.73. The van der Waals surface area contributed by atoms with Gasteiger partial charge < -0.3 is 10.2 Å². The maximum absolute atomic E-state index is 13.1. The Hall–Kier alpha value is -1.23. The monoisotopic (exact) mass is 489 g/mol. The van der Waals surface area contributed by atoms with Crippen LogP contribution in [0.5, 0.6) is 0 Å². The fourth-order valence-electron chi connectivity index (χ4n) is 3.42. The van der Waals surface area contributed by atoms with E-state index in [0.717, 1.165) is 47.5 Å². The van der Waals surface area contributed by atoms with Crippen LogP contribution >= 0.6 is 23.5 Å². The molecule has 2 atom stereocenters. The van der Waals surface area contributed by atoms with Crippen LogP contribution in [0.1, 0.15) is 46.0 Å². The number of allylic oxidation sites excluding steroid dienone is 1. The van der Waals surface area contributed by atoms with Crippen molar-refractivity contribution in [3.05, 3.63) is 44.1 Å². The maximum Gasteiger partial charge on any atom is 0.336 e. The van der Waals surface area contributed by atoms with Crippen LogP contribution < -0.4 is 17.1 Å². The summed E-state index contributed by atoms with van der Waals surface area (Å²) < 4.78 is 3.46. The number of thioether (sulfide) groups is 2. The molecule has 0 bridgehead atoms. The molecule has 1 aromatic heterocycles. The minimum absolute atomic E-state index is 0.0629. The molecule has 0 spiro atoms. The molecular weight excluding hydrogens is 450 g/mol. The number of hydrogen-bond acceptors (Lipinski definition) is 7. The molecule has 0 aromatic carbocycles. The first-order chi connectivity index (χ1) is 15.4. The minimum Gasteiger partial charge on any atom is -0.396 e. The van der Waals surface area contributed by atoms with Crippen LogP contribution in [-0.2, 0) is 19.6 Å². The molecule has 0 aliphatic heterocycles. The van der Waals surface area contributed by atoms with Crippen molar-refractivity contribution in [3.8, 4) is 0 Å². The smallest absolute Gasteiger partial charge is 0.336 e. The third-order valence-electron chi connectivity index (χ3n) is 5.20. The molecule has 1 aromatic rings. The summed E-state index contributed by atoms with van der Waals surface area (Å²) in [6.07, 6.45) is 5.26. The molecule has 184 valence electrons. The maximum atomic E-state index is 13.1. The minimum atomic E-state index is -0.586. The van der Waals surface area contributed by atoms with Gasteiger partial charge in [0.2, 0.25) is 0 Å². The van der Waals surface area contributed by atoms with Crippen LogP contribution in [0.15, 0.2) is 27.0 Å². The van der Waals surface area contributed by atoms with E-state index in [1.165, 1.54) is 15.2 Å². The first kappa shape index (κ1) is 28.8. The summed E-state index contributed by atoms with van der Waals surface area (Å²) in [5.41, 5.74) is -1.70. The molecular formula is C22H39N3O5S2. The third-order valence-corrected chi connectivity index (χ3v) is 7.64. The standard InChI is InChI=1S/C22H39N3O5S2/c1-4-9-23-20(28)24(10-6-13-31-14-7-11-26)22(30)25(21(23)29)17-19(5-2)16-18(3)32-15-8-12-27/h4,18-19,26-27H,1,5-17H2,2-3H3. The lowest BCUT2D eigenvalue weighted by Gasteiger charge is -2.21. The number of aliphatic hydroxyl groups is 2. The Morgan fingerprint density at radius 3 is 2.16 bits per heavy atom. The van der Waals surface area contributed by atoms with E-state index in [1.807, 2.05) is 6.92 Å². The summed E-state index contributed by atoms with van der Waals surface area (Å²) in [7, 11) is 0. The quantitative estimate of drug-likeness (QED) is 0.239. The Morgan fingerprint density at radius 1 is 0.938 bits per heavy atom. The Balaban J connectivity index is 3.06. The highest BCUT2D eigenvalue weighted by atomic mass is 32.2. The second-order valence-corrected chi connectivity index (χ2v) is 10.6. The lowest BCUT2D eigenvalue weighted by molar-refractivity contribution is 0.296. The van der Waals surface area contributed by atoms with Crippen LogP contribution in [0, 0.1) is 5.92 Å². The van der Waals surface area contributed by atoms with E-state index >= 15 is 0 Å². The fourth-order valence-corrected chi connectivity index (χ4v) is 5.40. The summed E-state index contributed by atoms with van der Waals surface area (Å²) in [4.78, 5) is 38.8. The van der Waals surface area contributed by atoms with Crippen molar-refractivity contribution in [3.63, 3.8) is 0 Å². The summed E-state index contributed by atoms with van der Waals surface area (Å²) >= 11 is 3.46. The van der Waals surface area contributed by atoms with Gasteiger partial charge in [-0.3, -0.25) is 0 Å². The van der Waals surface area contributed by atoms with Gasteiger partial charge in [-0.05, 0) is 48.9 Å². The van der Waals surface area contributed by atoms with Gasteiger partial charge in [-0.25, -0.2) is 28.1 Å². The van der Waals surface area contributed by atoms with Crippen molar-refractivity contribution < 1.29 is 10.2 Å². The van der Waals surface area contributed by atoms with Crippen molar-refractivity contribution in [2.75, 3.05) is 30.5 Å². The highest BCUT2D eigenvalue weighted by Gasteiger charge is 2.19. The summed E-state index contributed by atoms with van der Waals surface area (Å²) in [6, 6.07) is 0. The Kier molecular flexibility index (Phi) is 14.8. The zero-order valence-corrected chi connectivity index (χ0v) is 21.0. The average molecular weight is 490 g/mol. The van der Waals surface area contributed by atoms with Crippen molar-refractivity contribution in [1.82, 2.24) is 13.7 Å². The number of aliphatic hydroxyl groups excluding tert-OH is 2. The Morgan fingerprint density at radius 2 is 1.53 bits per heavy atom. The van der Waals surface area contributed by atoms with Crippen LogP contribution in [0.25, 0.3) is 0 Å². The molecule has 0 saturated carbocycles. The predicted molar refractivity (Wildman–Crippen MR) is 135 cm³/mol. The van der Waals surface area contributed by atoms with Gasteiger partial charge >= 0.3 is 17.1 Å². The van der Waals surface area contributed by atoms with Crippen LogP contribution in [0.3, 0.4) is 0 Å². The van der Waals surface area contributed by atoms with Gasteiger partial charge in [0.1, 0.15) is 0 Å². The van der Waals surface area contributed by atoms with Crippen molar-refractivity contribution >= 4 is 23.5 Å². The Labute approximate surface area is 198 Å². The van der Waals surface area contributed by atoms with E-state index in [-0.39, 0.29) is 38.8 Å². The highest BCUT2D eigenvalue weighted by Crippen LogP contribution is 2.22.